The van der Waals surface area contributed by atoms with Crippen LogP contribution in [0.3, 0.4) is 0 Å². The molecular weight excluding hydrogens is 232 g/mol. The molecule has 0 heterocycles. The zero-order valence-corrected chi connectivity index (χ0v) is 9.93. The molecule has 1 rings (SSSR count). The number of anilines is 1. The van der Waals surface area contributed by atoms with E-state index in [1.165, 1.54) is 0 Å². The van der Waals surface area contributed by atoms with Crippen LogP contribution in [0.4, 0.5) is 10.5 Å². The van der Waals surface area contributed by atoms with E-state index in [-0.39, 0.29) is 6.42 Å². The number of rotatable bonds is 4. The number of urea groups is 1. The summed E-state index contributed by atoms with van der Waals surface area (Å²) >= 11 is 0. The maximum absolute atomic E-state index is 11.5. The van der Waals surface area contributed by atoms with Crippen molar-refractivity contribution in [3.05, 3.63) is 29.8 Å². The minimum absolute atomic E-state index is 0.0589. The molecular formula is C13H14N2O3. The molecule has 0 aliphatic heterocycles. The van der Waals surface area contributed by atoms with Crippen molar-refractivity contribution in [1.82, 2.24) is 5.32 Å². The van der Waals surface area contributed by atoms with Crippen molar-refractivity contribution in [2.45, 2.75) is 19.4 Å². The van der Waals surface area contributed by atoms with Crippen LogP contribution in [-0.4, -0.2) is 23.1 Å². The number of terminal acetylenes is 1. The number of carboxylic acids is 1. The van der Waals surface area contributed by atoms with Crippen LogP contribution in [0.15, 0.2) is 24.3 Å². The Morgan fingerprint density at radius 2 is 2.00 bits per heavy atom. The van der Waals surface area contributed by atoms with Gasteiger partial charge >= 0.3 is 12.0 Å². The van der Waals surface area contributed by atoms with Gasteiger partial charge in [0.25, 0.3) is 0 Å². The van der Waals surface area contributed by atoms with Crippen LogP contribution in [0.5, 0.6) is 0 Å². The standard InChI is InChI=1S/C13H14N2O3/c1-3-4-11(12(16)17)15-13(18)14-10-7-5-9(2)6-8-10/h1,5-8,11H,4H2,2H3,(H,16,17)(H2,14,15,18). The molecule has 1 atom stereocenters. The van der Waals surface area contributed by atoms with E-state index in [1.54, 1.807) is 12.1 Å². The van der Waals surface area contributed by atoms with Crippen molar-refractivity contribution in [2.24, 2.45) is 0 Å². The Kier molecular flexibility index (Phi) is 4.76. The Bertz CT molecular complexity index is 474. The predicted molar refractivity (Wildman–Crippen MR) is 68.2 cm³/mol. The minimum Gasteiger partial charge on any atom is -0.480 e. The van der Waals surface area contributed by atoms with Crippen molar-refractivity contribution >= 4 is 17.7 Å². The average molecular weight is 246 g/mol. The first-order valence-corrected chi connectivity index (χ1v) is 5.33. The molecule has 1 unspecified atom stereocenters. The highest BCUT2D eigenvalue weighted by Crippen LogP contribution is 2.08. The second kappa shape index (κ2) is 6.30. The van der Waals surface area contributed by atoms with Crippen molar-refractivity contribution < 1.29 is 14.7 Å². The molecule has 3 N–H and O–H groups in total. The molecule has 0 spiro atoms. The van der Waals surface area contributed by atoms with Crippen LogP contribution < -0.4 is 10.6 Å². The van der Waals surface area contributed by atoms with E-state index in [1.807, 2.05) is 19.1 Å². The number of benzene rings is 1. The molecule has 0 fully saturated rings. The van der Waals surface area contributed by atoms with E-state index in [0.29, 0.717) is 5.69 Å². The van der Waals surface area contributed by atoms with Gasteiger partial charge in [0.1, 0.15) is 6.04 Å². The summed E-state index contributed by atoms with van der Waals surface area (Å²) in [4.78, 5) is 22.3. The van der Waals surface area contributed by atoms with Gasteiger partial charge in [0.2, 0.25) is 0 Å². The van der Waals surface area contributed by atoms with Gasteiger partial charge < -0.3 is 15.7 Å². The van der Waals surface area contributed by atoms with Crippen LogP contribution in [0.25, 0.3) is 0 Å². The first kappa shape index (κ1) is 13.6. The number of aliphatic carboxylic acids is 1. The summed E-state index contributed by atoms with van der Waals surface area (Å²) in [5.41, 5.74) is 1.65. The number of aryl methyl sites for hydroxylation is 1. The Hall–Kier alpha value is -2.48. The van der Waals surface area contributed by atoms with Crippen molar-refractivity contribution in [1.29, 1.82) is 0 Å². The molecule has 0 aromatic heterocycles. The number of amides is 2. The zero-order valence-electron chi connectivity index (χ0n) is 9.93. The Balaban J connectivity index is 2.58. The van der Waals surface area contributed by atoms with Crippen LogP contribution in [0.2, 0.25) is 0 Å². The van der Waals surface area contributed by atoms with Gasteiger partial charge in [0.05, 0.1) is 0 Å². The van der Waals surface area contributed by atoms with E-state index < -0.39 is 18.0 Å². The minimum atomic E-state index is -1.16. The topological polar surface area (TPSA) is 78.4 Å². The van der Waals surface area contributed by atoms with Gasteiger partial charge in [0, 0.05) is 12.1 Å². The van der Waals surface area contributed by atoms with Crippen LogP contribution in [0, 0.1) is 19.3 Å². The molecule has 1 aromatic rings. The molecule has 5 heteroatoms. The first-order valence-electron chi connectivity index (χ1n) is 5.33. The Morgan fingerprint density at radius 3 is 2.50 bits per heavy atom. The summed E-state index contributed by atoms with van der Waals surface area (Å²) in [6, 6.07) is 5.46. The number of carbonyl (C=O) groups excluding carboxylic acids is 1. The quantitative estimate of drug-likeness (QED) is 0.706. The van der Waals surface area contributed by atoms with E-state index in [0.717, 1.165) is 5.56 Å². The zero-order chi connectivity index (χ0) is 13.5. The molecule has 0 bridgehead atoms. The second-order valence-electron chi connectivity index (χ2n) is 3.76. The lowest BCUT2D eigenvalue weighted by atomic mass is 10.2. The summed E-state index contributed by atoms with van der Waals surface area (Å²) in [5.74, 6) is 1.04. The molecule has 0 saturated carbocycles. The van der Waals surface area contributed by atoms with Gasteiger partial charge in [-0.2, -0.15) is 0 Å². The molecule has 2 amide bonds. The lowest BCUT2D eigenvalue weighted by molar-refractivity contribution is -0.139. The van der Waals surface area contributed by atoms with E-state index in [2.05, 4.69) is 16.6 Å². The average Bonchev–Trinajstić information content (AvgIpc) is 2.31. The monoisotopic (exact) mass is 246 g/mol. The van der Waals surface area contributed by atoms with Crippen LogP contribution in [0.1, 0.15) is 12.0 Å². The first-order chi connectivity index (χ1) is 8.52. The SMILES string of the molecule is C#CCC(NC(=O)Nc1ccc(C)cc1)C(=O)O. The van der Waals surface area contributed by atoms with Crippen molar-refractivity contribution in [3.63, 3.8) is 0 Å². The summed E-state index contributed by atoms with van der Waals surface area (Å²) < 4.78 is 0. The molecule has 0 saturated heterocycles. The van der Waals surface area contributed by atoms with E-state index in [4.69, 9.17) is 11.5 Å². The van der Waals surface area contributed by atoms with Gasteiger partial charge in [-0.05, 0) is 19.1 Å². The highest BCUT2D eigenvalue weighted by Gasteiger charge is 2.18. The van der Waals surface area contributed by atoms with Crippen LogP contribution in [-0.2, 0) is 4.79 Å². The normalized spacial score (nSPS) is 11.1. The fourth-order valence-corrected chi connectivity index (χ4v) is 1.28. The lowest BCUT2D eigenvalue weighted by Gasteiger charge is -2.12. The largest absolute Gasteiger partial charge is 0.480 e. The lowest BCUT2D eigenvalue weighted by Crippen LogP contribution is -2.42. The molecule has 0 aliphatic rings. The molecule has 1 aromatic carbocycles. The van der Waals surface area contributed by atoms with Gasteiger partial charge in [-0.15, -0.1) is 12.3 Å². The Labute approximate surface area is 105 Å². The maximum Gasteiger partial charge on any atom is 0.327 e. The molecule has 0 aliphatic carbocycles. The predicted octanol–water partition coefficient (Wildman–Crippen LogP) is 1.59. The third kappa shape index (κ3) is 4.18. The van der Waals surface area contributed by atoms with Gasteiger partial charge in [-0.25, -0.2) is 9.59 Å². The number of carboxylic acid groups (broad SMARTS) is 1. The number of hydrogen-bond acceptors (Lipinski definition) is 2. The number of hydrogen-bond donors (Lipinski definition) is 3. The summed E-state index contributed by atoms with van der Waals surface area (Å²) in [5, 5.41) is 13.6. The maximum atomic E-state index is 11.5. The second-order valence-corrected chi connectivity index (χ2v) is 3.76. The van der Waals surface area contributed by atoms with Gasteiger partial charge in [-0.3, -0.25) is 0 Å². The van der Waals surface area contributed by atoms with Crippen LogP contribution >= 0.6 is 0 Å². The van der Waals surface area contributed by atoms with Gasteiger partial charge in [-0.1, -0.05) is 17.7 Å². The number of nitrogens with one attached hydrogen (secondary N) is 2. The van der Waals surface area contributed by atoms with E-state index >= 15 is 0 Å². The number of carbonyl (C=O) groups is 2. The highest BCUT2D eigenvalue weighted by molar-refractivity contribution is 5.92. The molecule has 5 nitrogen and oxygen atoms in total. The molecule has 0 radical (unpaired) electrons. The third-order valence-corrected chi connectivity index (χ3v) is 2.23. The fraction of sp³-hybridized carbons (Fsp3) is 0.231. The summed E-state index contributed by atoms with van der Waals surface area (Å²) in [6.07, 6.45) is 4.97. The highest BCUT2D eigenvalue weighted by atomic mass is 16.4. The van der Waals surface area contributed by atoms with E-state index in [9.17, 15) is 9.59 Å². The summed E-state index contributed by atoms with van der Waals surface area (Å²) in [6.45, 7) is 1.93. The molecule has 94 valence electrons. The summed E-state index contributed by atoms with van der Waals surface area (Å²) in [7, 11) is 0. The molecule has 18 heavy (non-hydrogen) atoms. The fourth-order valence-electron chi connectivity index (χ4n) is 1.28. The van der Waals surface area contributed by atoms with Crippen molar-refractivity contribution in [3.8, 4) is 12.3 Å². The van der Waals surface area contributed by atoms with Crippen molar-refractivity contribution in [2.75, 3.05) is 5.32 Å². The third-order valence-electron chi connectivity index (χ3n) is 2.23. The van der Waals surface area contributed by atoms with Gasteiger partial charge in [0.15, 0.2) is 0 Å². The Morgan fingerprint density at radius 1 is 1.39 bits per heavy atom. The smallest absolute Gasteiger partial charge is 0.327 e.